The summed E-state index contributed by atoms with van der Waals surface area (Å²) in [6.07, 6.45) is 8.61. The molecule has 3 aromatic rings. The molecule has 4 rings (SSSR count). The number of piperidine rings is 1. The van der Waals surface area contributed by atoms with E-state index in [1.54, 1.807) is 29.6 Å². The van der Waals surface area contributed by atoms with Gasteiger partial charge in [-0.25, -0.2) is 9.97 Å². The number of hydrogen-bond acceptors (Lipinski definition) is 5. The van der Waals surface area contributed by atoms with E-state index in [-0.39, 0.29) is 11.8 Å². The molecule has 0 unspecified atom stereocenters. The molecule has 2 aromatic heterocycles. The largest absolute Gasteiger partial charge is 0.356 e. The first-order valence-corrected chi connectivity index (χ1v) is 10.5. The first-order valence-electron chi connectivity index (χ1n) is 10.5. The van der Waals surface area contributed by atoms with Crippen LogP contribution < -0.4 is 5.32 Å². The second kappa shape index (κ2) is 9.07. The van der Waals surface area contributed by atoms with Gasteiger partial charge in [0, 0.05) is 43.8 Å². The zero-order chi connectivity index (χ0) is 21.7. The van der Waals surface area contributed by atoms with Gasteiger partial charge in [-0.1, -0.05) is 24.3 Å². The predicted molar refractivity (Wildman–Crippen MR) is 116 cm³/mol. The van der Waals surface area contributed by atoms with E-state index in [0.717, 1.165) is 23.1 Å². The maximum Gasteiger partial charge on any atom is 0.271 e. The van der Waals surface area contributed by atoms with Crippen molar-refractivity contribution in [2.45, 2.75) is 26.2 Å². The number of carbonyl (C=O) groups excluding carboxylic acids is 2. The normalized spacial score (nSPS) is 18.5. The molecule has 0 radical (unpaired) electrons. The second-order valence-electron chi connectivity index (χ2n) is 7.90. The monoisotopic (exact) mass is 418 g/mol. The van der Waals surface area contributed by atoms with Crippen LogP contribution in [0.3, 0.4) is 0 Å². The highest BCUT2D eigenvalue weighted by Gasteiger charge is 2.44. The van der Waals surface area contributed by atoms with Crippen molar-refractivity contribution in [2.75, 3.05) is 19.6 Å². The quantitative estimate of drug-likeness (QED) is 0.640. The van der Waals surface area contributed by atoms with Crippen molar-refractivity contribution >= 4 is 11.8 Å². The Kier molecular flexibility index (Phi) is 6.06. The van der Waals surface area contributed by atoms with Crippen molar-refractivity contribution in [3.8, 4) is 11.1 Å². The third-order valence-corrected chi connectivity index (χ3v) is 5.83. The molecule has 0 bridgehead atoms. The van der Waals surface area contributed by atoms with Gasteiger partial charge in [-0.3, -0.25) is 14.7 Å². The zero-order valence-electron chi connectivity index (χ0n) is 17.5. The van der Waals surface area contributed by atoms with Crippen molar-refractivity contribution in [1.29, 1.82) is 0 Å². The summed E-state index contributed by atoms with van der Waals surface area (Å²) < 4.78 is 0. The van der Waals surface area contributed by atoms with Gasteiger partial charge >= 0.3 is 0 Å². The molecule has 1 aliphatic rings. The third-order valence-electron chi connectivity index (χ3n) is 5.83. The van der Waals surface area contributed by atoms with Gasteiger partial charge in [0.05, 0.1) is 5.41 Å². The number of nitrogens with zero attached hydrogens (tertiary/aromatic N) is 4. The first kappa shape index (κ1) is 20.7. The van der Waals surface area contributed by atoms with E-state index in [1.807, 2.05) is 31.2 Å². The van der Waals surface area contributed by atoms with Crippen LogP contribution in [0.25, 0.3) is 11.1 Å². The van der Waals surface area contributed by atoms with Crippen molar-refractivity contribution in [1.82, 2.24) is 30.4 Å². The first-order chi connectivity index (χ1) is 15.1. The van der Waals surface area contributed by atoms with Gasteiger partial charge in [-0.2, -0.15) is 5.10 Å². The molecule has 0 aliphatic carbocycles. The lowest BCUT2D eigenvalue weighted by Gasteiger charge is -2.42. The van der Waals surface area contributed by atoms with Gasteiger partial charge in [-0.15, -0.1) is 0 Å². The van der Waals surface area contributed by atoms with E-state index >= 15 is 0 Å². The molecule has 0 saturated carbocycles. The van der Waals surface area contributed by atoms with Crippen molar-refractivity contribution < 1.29 is 9.59 Å². The van der Waals surface area contributed by atoms with Crippen LogP contribution in [0.5, 0.6) is 0 Å². The Hall–Kier alpha value is -3.55. The molecule has 8 heteroatoms. The van der Waals surface area contributed by atoms with Gasteiger partial charge in [0.15, 0.2) is 0 Å². The van der Waals surface area contributed by atoms with Crippen LogP contribution in [-0.4, -0.2) is 56.5 Å². The van der Waals surface area contributed by atoms with Crippen molar-refractivity contribution in [2.24, 2.45) is 5.41 Å². The molecular weight excluding hydrogens is 392 g/mol. The van der Waals surface area contributed by atoms with E-state index in [4.69, 9.17) is 0 Å². The topological polar surface area (TPSA) is 104 Å². The lowest BCUT2D eigenvalue weighted by molar-refractivity contribution is -0.133. The maximum atomic E-state index is 13.3. The highest BCUT2D eigenvalue weighted by Crippen LogP contribution is 2.37. The summed E-state index contributed by atoms with van der Waals surface area (Å²) in [5.74, 6) is -0.146. The zero-order valence-corrected chi connectivity index (χ0v) is 17.5. The summed E-state index contributed by atoms with van der Waals surface area (Å²) >= 11 is 0. The van der Waals surface area contributed by atoms with E-state index < -0.39 is 5.41 Å². The number of aromatic nitrogens is 4. The van der Waals surface area contributed by atoms with Crippen molar-refractivity contribution in [3.05, 3.63) is 66.5 Å². The number of aromatic amines is 1. The van der Waals surface area contributed by atoms with Crippen molar-refractivity contribution in [3.63, 3.8) is 0 Å². The summed E-state index contributed by atoms with van der Waals surface area (Å²) in [6.45, 7) is 3.43. The molecule has 1 saturated heterocycles. The fourth-order valence-electron chi connectivity index (χ4n) is 4.37. The van der Waals surface area contributed by atoms with E-state index in [9.17, 15) is 9.59 Å². The fourth-order valence-corrected chi connectivity index (χ4v) is 4.37. The molecule has 1 fully saturated rings. The summed E-state index contributed by atoms with van der Waals surface area (Å²) in [4.78, 5) is 36.4. The van der Waals surface area contributed by atoms with Gasteiger partial charge in [0.1, 0.15) is 12.0 Å². The van der Waals surface area contributed by atoms with Crippen LogP contribution in [0, 0.1) is 5.41 Å². The molecule has 1 aliphatic heterocycles. The number of amides is 2. The van der Waals surface area contributed by atoms with E-state index in [2.05, 4.69) is 25.5 Å². The molecule has 3 heterocycles. The predicted octanol–water partition coefficient (Wildman–Crippen LogP) is 2.47. The number of likely N-dealkylation sites (tertiary alicyclic amines) is 1. The molecule has 31 heavy (non-hydrogen) atoms. The van der Waals surface area contributed by atoms with Crippen LogP contribution in [0.2, 0.25) is 0 Å². The highest BCUT2D eigenvalue weighted by atomic mass is 16.2. The molecule has 2 amide bonds. The minimum absolute atomic E-state index is 0.0174. The van der Waals surface area contributed by atoms with Gasteiger partial charge in [0.25, 0.3) is 5.91 Å². The lowest BCUT2D eigenvalue weighted by atomic mass is 9.73. The number of nitrogens with one attached hydrogen (secondary N) is 2. The molecule has 1 aromatic carbocycles. The number of H-pyrrole nitrogens is 1. The Bertz CT molecular complexity index is 1040. The Labute approximate surface area is 181 Å². The molecule has 160 valence electrons. The molecular formula is C23H26N6O2. The average Bonchev–Trinajstić information content (AvgIpc) is 3.35. The van der Waals surface area contributed by atoms with Crippen LogP contribution in [-0.2, 0) is 11.2 Å². The second-order valence-corrected chi connectivity index (χ2v) is 7.90. The van der Waals surface area contributed by atoms with Crippen LogP contribution in [0.4, 0.5) is 0 Å². The number of rotatable bonds is 6. The van der Waals surface area contributed by atoms with Gasteiger partial charge < -0.3 is 10.2 Å². The smallest absolute Gasteiger partial charge is 0.271 e. The van der Waals surface area contributed by atoms with E-state index in [0.29, 0.717) is 38.2 Å². The lowest BCUT2D eigenvalue weighted by Crippen LogP contribution is -2.54. The summed E-state index contributed by atoms with van der Waals surface area (Å²) in [5, 5.41) is 9.64. The van der Waals surface area contributed by atoms with Crippen LogP contribution in [0.15, 0.2) is 55.2 Å². The molecule has 0 spiro atoms. The Morgan fingerprint density at radius 2 is 2.00 bits per heavy atom. The van der Waals surface area contributed by atoms with Gasteiger partial charge in [0.2, 0.25) is 5.91 Å². The van der Waals surface area contributed by atoms with Crippen LogP contribution >= 0.6 is 0 Å². The van der Waals surface area contributed by atoms with E-state index in [1.165, 1.54) is 6.33 Å². The Balaban J connectivity index is 1.68. The molecule has 8 nitrogen and oxygen atoms in total. The standard InChI is InChI=1S/C23H26N6O2/c1-2-26-22(31)23(9-5-11-29(15-23)21(30)20-8-10-27-28-20)12-17-6-3-4-7-19(17)18-13-24-16-25-14-18/h3-4,6-8,10,13-14,16H,2,5,9,11-12,15H2,1H3,(H,26,31)(H,27,28)/t23-/m0/s1. The number of carbonyl (C=O) groups is 2. The Morgan fingerprint density at radius 3 is 2.74 bits per heavy atom. The third kappa shape index (κ3) is 4.33. The highest BCUT2D eigenvalue weighted by molar-refractivity contribution is 5.93. The fraction of sp³-hybridized carbons (Fsp3) is 0.348. The number of hydrogen-bond donors (Lipinski definition) is 2. The minimum atomic E-state index is -0.713. The maximum absolute atomic E-state index is 13.3. The van der Waals surface area contributed by atoms with Gasteiger partial charge in [-0.05, 0) is 43.4 Å². The summed E-state index contributed by atoms with van der Waals surface area (Å²) in [7, 11) is 0. The minimum Gasteiger partial charge on any atom is -0.356 e. The van der Waals surface area contributed by atoms with Crippen LogP contribution in [0.1, 0.15) is 35.8 Å². The molecule has 1 atom stereocenters. The molecule has 2 N–H and O–H groups in total. The SMILES string of the molecule is CCNC(=O)[C@]1(Cc2ccccc2-c2cncnc2)CCCN(C(=O)c2ccn[nH]2)C1. The number of benzene rings is 1. The summed E-state index contributed by atoms with van der Waals surface area (Å²) in [6, 6.07) is 9.67. The average molecular weight is 419 g/mol. The Morgan fingerprint density at radius 1 is 1.19 bits per heavy atom. The summed E-state index contributed by atoms with van der Waals surface area (Å²) in [5.41, 5.74) is 2.68.